The first-order chi connectivity index (χ1) is 16.6. The summed E-state index contributed by atoms with van der Waals surface area (Å²) in [6, 6.07) is 34.8. The van der Waals surface area contributed by atoms with Crippen LogP contribution in [0.25, 0.3) is 5.57 Å². The van der Waals surface area contributed by atoms with Crippen molar-refractivity contribution in [3.63, 3.8) is 0 Å². The zero-order valence-electron chi connectivity index (χ0n) is 18.3. The Morgan fingerprint density at radius 3 is 1.76 bits per heavy atom. The van der Waals surface area contributed by atoms with Gasteiger partial charge in [-0.15, -0.1) is 0 Å². The second-order valence-corrected chi connectivity index (χ2v) is 9.49. The van der Waals surface area contributed by atoms with E-state index < -0.39 is 7.60 Å². The molecule has 0 bridgehead atoms. The second kappa shape index (κ2) is 9.42. The fourth-order valence-corrected chi connectivity index (χ4v) is 5.38. The molecule has 0 aromatic heterocycles. The van der Waals surface area contributed by atoms with Crippen LogP contribution in [0.15, 0.2) is 121 Å². The molecule has 0 saturated heterocycles. The Morgan fingerprint density at radius 2 is 1.18 bits per heavy atom. The number of hydrogen-bond donors (Lipinski definition) is 0. The van der Waals surface area contributed by atoms with Gasteiger partial charge in [0.05, 0.1) is 23.6 Å². The van der Waals surface area contributed by atoms with Crippen molar-refractivity contribution in [1.82, 2.24) is 0 Å². The number of carbonyl (C=O) groups is 1. The zero-order chi connectivity index (χ0) is 23.4. The Labute approximate surface area is 198 Å². The summed E-state index contributed by atoms with van der Waals surface area (Å²) in [7, 11) is -3.92. The van der Waals surface area contributed by atoms with E-state index in [1.165, 1.54) is 5.82 Å². The Hall–Kier alpha value is -4.08. The van der Waals surface area contributed by atoms with E-state index in [1.54, 1.807) is 53.4 Å². The monoisotopic (exact) mass is 467 g/mol. The van der Waals surface area contributed by atoms with Gasteiger partial charge in [0.1, 0.15) is 11.5 Å². The van der Waals surface area contributed by atoms with Gasteiger partial charge in [-0.1, -0.05) is 84.9 Å². The summed E-state index contributed by atoms with van der Waals surface area (Å²) in [5, 5.41) is 0. The highest BCUT2D eigenvalue weighted by atomic mass is 31.2. The highest BCUT2D eigenvalue weighted by molar-refractivity contribution is 7.58. The predicted molar refractivity (Wildman–Crippen MR) is 134 cm³/mol. The van der Waals surface area contributed by atoms with E-state index in [0.29, 0.717) is 29.2 Å². The first-order valence-electron chi connectivity index (χ1n) is 10.9. The minimum absolute atomic E-state index is 0.251. The number of para-hydroxylation sites is 3. The molecule has 0 fully saturated rings. The summed E-state index contributed by atoms with van der Waals surface area (Å²) < 4.78 is 25.8. The maximum absolute atomic E-state index is 14.0. The lowest BCUT2D eigenvalue weighted by Gasteiger charge is -2.18. The smallest absolute Gasteiger partial charge is 0.413 e. The van der Waals surface area contributed by atoms with Crippen LogP contribution in [0.2, 0.25) is 0 Å². The number of amides is 1. The van der Waals surface area contributed by atoms with Gasteiger partial charge >= 0.3 is 7.60 Å². The molecule has 0 N–H and O–H groups in total. The standard InChI is InChI=1S/C28H22NO4P/c30-28-26(25-18-10-11-19-27(25)29(28)20-22-12-4-1-5-13-22)21-34(31,32-23-14-6-2-7-15-23)33-24-16-8-3-9-17-24/h1-19,21H,20H2/b26-21+. The lowest BCUT2D eigenvalue weighted by atomic mass is 10.1. The molecule has 1 aliphatic heterocycles. The molecule has 0 radical (unpaired) electrons. The number of nitrogens with zero attached hydrogens (tertiary/aromatic N) is 1. The number of anilines is 1. The third-order valence-electron chi connectivity index (χ3n) is 5.38. The Balaban J connectivity index is 1.56. The number of hydrogen-bond acceptors (Lipinski definition) is 4. The molecule has 168 valence electrons. The maximum atomic E-state index is 14.0. The summed E-state index contributed by atoms with van der Waals surface area (Å²) in [5.41, 5.74) is 2.74. The Kier molecular flexibility index (Phi) is 6.03. The topological polar surface area (TPSA) is 55.8 Å². The highest BCUT2D eigenvalue weighted by Crippen LogP contribution is 2.53. The molecule has 0 aliphatic carbocycles. The Bertz CT molecular complexity index is 1330. The van der Waals surface area contributed by atoms with Gasteiger partial charge in [-0.05, 0) is 35.9 Å². The molecule has 1 heterocycles. The largest absolute Gasteiger partial charge is 0.456 e. The molecule has 6 heteroatoms. The summed E-state index contributed by atoms with van der Waals surface area (Å²) >= 11 is 0. The van der Waals surface area contributed by atoms with Crippen LogP contribution >= 0.6 is 7.60 Å². The lowest BCUT2D eigenvalue weighted by Crippen LogP contribution is -2.25. The molecule has 0 saturated carbocycles. The van der Waals surface area contributed by atoms with Gasteiger partial charge in [0.15, 0.2) is 0 Å². The average Bonchev–Trinajstić information content (AvgIpc) is 3.11. The van der Waals surface area contributed by atoms with E-state index in [9.17, 15) is 9.36 Å². The van der Waals surface area contributed by atoms with Crippen molar-refractivity contribution in [2.24, 2.45) is 0 Å². The van der Waals surface area contributed by atoms with E-state index in [2.05, 4.69) is 0 Å². The molecular formula is C28H22NO4P. The van der Waals surface area contributed by atoms with Crippen LogP contribution in [0.3, 0.4) is 0 Å². The van der Waals surface area contributed by atoms with Crippen LogP contribution in [-0.4, -0.2) is 5.91 Å². The van der Waals surface area contributed by atoms with Crippen LogP contribution < -0.4 is 13.9 Å². The van der Waals surface area contributed by atoms with Crippen LogP contribution in [0, 0.1) is 0 Å². The van der Waals surface area contributed by atoms with E-state index >= 15 is 0 Å². The van der Waals surface area contributed by atoms with Gasteiger partial charge in [0.25, 0.3) is 5.91 Å². The SMILES string of the molecule is O=C1/C(=C/P(=O)(Oc2ccccc2)Oc2ccccc2)c2ccccc2N1Cc1ccccc1. The van der Waals surface area contributed by atoms with E-state index in [4.69, 9.17) is 9.05 Å². The summed E-state index contributed by atoms with van der Waals surface area (Å²) in [4.78, 5) is 15.3. The number of rotatable bonds is 7. The van der Waals surface area contributed by atoms with Gasteiger partial charge in [-0.25, -0.2) is 4.57 Å². The van der Waals surface area contributed by atoms with E-state index in [-0.39, 0.29) is 5.91 Å². The predicted octanol–water partition coefficient (Wildman–Crippen LogP) is 6.93. The van der Waals surface area contributed by atoms with E-state index in [0.717, 1.165) is 11.3 Å². The van der Waals surface area contributed by atoms with Crippen LogP contribution in [-0.2, 0) is 15.9 Å². The molecular weight excluding hydrogens is 445 g/mol. The minimum Gasteiger partial charge on any atom is -0.413 e. The van der Waals surface area contributed by atoms with Crippen molar-refractivity contribution >= 4 is 24.8 Å². The average molecular weight is 467 g/mol. The van der Waals surface area contributed by atoms with Gasteiger partial charge in [-0.2, -0.15) is 0 Å². The number of benzene rings is 4. The summed E-state index contributed by atoms with van der Waals surface area (Å²) in [5.74, 6) is 1.87. The molecule has 1 amide bonds. The van der Waals surface area contributed by atoms with Crippen molar-refractivity contribution in [3.05, 3.63) is 132 Å². The van der Waals surface area contributed by atoms with Crippen LogP contribution in [0.4, 0.5) is 5.69 Å². The van der Waals surface area contributed by atoms with Crippen molar-refractivity contribution in [2.45, 2.75) is 6.54 Å². The van der Waals surface area contributed by atoms with Crippen molar-refractivity contribution < 1.29 is 18.4 Å². The number of carbonyl (C=O) groups excluding carboxylic acids is 1. The van der Waals surface area contributed by atoms with Crippen molar-refractivity contribution in [2.75, 3.05) is 4.90 Å². The molecule has 0 atom stereocenters. The zero-order valence-corrected chi connectivity index (χ0v) is 19.2. The van der Waals surface area contributed by atoms with Gasteiger partial charge in [0.2, 0.25) is 0 Å². The highest BCUT2D eigenvalue weighted by Gasteiger charge is 2.37. The molecule has 4 aromatic rings. The van der Waals surface area contributed by atoms with Crippen molar-refractivity contribution in [3.8, 4) is 11.5 Å². The number of fused-ring (bicyclic) bond motifs is 1. The molecule has 0 spiro atoms. The molecule has 0 unspecified atom stereocenters. The first kappa shape index (κ1) is 21.7. The maximum Gasteiger partial charge on any atom is 0.456 e. The normalized spacial score (nSPS) is 14.2. The molecule has 34 heavy (non-hydrogen) atoms. The lowest BCUT2D eigenvalue weighted by molar-refractivity contribution is -0.113. The quantitative estimate of drug-likeness (QED) is 0.219. The second-order valence-electron chi connectivity index (χ2n) is 7.79. The third-order valence-corrected chi connectivity index (χ3v) is 6.89. The molecule has 5 rings (SSSR count). The minimum atomic E-state index is -3.92. The summed E-state index contributed by atoms with van der Waals surface area (Å²) in [6.07, 6.45) is 0. The first-order valence-corrected chi connectivity index (χ1v) is 12.5. The van der Waals surface area contributed by atoms with Crippen LogP contribution in [0.5, 0.6) is 11.5 Å². The van der Waals surface area contributed by atoms with Gasteiger partial charge in [-0.3, -0.25) is 4.79 Å². The van der Waals surface area contributed by atoms with E-state index in [1.807, 2.05) is 66.7 Å². The van der Waals surface area contributed by atoms with Crippen LogP contribution in [0.1, 0.15) is 11.1 Å². The molecule has 1 aliphatic rings. The fourth-order valence-electron chi connectivity index (χ4n) is 3.84. The molecule has 5 nitrogen and oxygen atoms in total. The van der Waals surface area contributed by atoms with Crippen molar-refractivity contribution in [1.29, 1.82) is 0 Å². The third kappa shape index (κ3) is 4.66. The van der Waals surface area contributed by atoms with Gasteiger partial charge < -0.3 is 13.9 Å². The molecule has 4 aromatic carbocycles. The van der Waals surface area contributed by atoms with Gasteiger partial charge in [0, 0.05) is 5.56 Å². The summed E-state index contributed by atoms with van der Waals surface area (Å²) in [6.45, 7) is 0.400. The Morgan fingerprint density at radius 1 is 0.676 bits per heavy atom. The fraction of sp³-hybridized carbons (Fsp3) is 0.0357.